The topological polar surface area (TPSA) is 35.1 Å². The number of nitrogens with one attached hydrogen (secondary N) is 1. The SMILES string of the molecule is CC(C)(C)[S@+]([O-])N[C@H](c1cc(F)cc(F)c1)C1CC1. The molecule has 1 aliphatic carbocycles. The van der Waals surface area contributed by atoms with Crippen molar-refractivity contribution >= 4 is 11.4 Å². The van der Waals surface area contributed by atoms with Crippen LogP contribution in [0.2, 0.25) is 0 Å². The van der Waals surface area contributed by atoms with Gasteiger partial charge in [0.05, 0.1) is 6.04 Å². The van der Waals surface area contributed by atoms with Crippen LogP contribution in [0, 0.1) is 17.6 Å². The molecule has 2 rings (SSSR count). The van der Waals surface area contributed by atoms with E-state index in [1.807, 2.05) is 20.8 Å². The van der Waals surface area contributed by atoms with Crippen molar-refractivity contribution in [3.63, 3.8) is 0 Å². The lowest BCUT2D eigenvalue weighted by Crippen LogP contribution is -2.41. The zero-order valence-corrected chi connectivity index (χ0v) is 12.2. The molecule has 106 valence electrons. The van der Waals surface area contributed by atoms with Crippen molar-refractivity contribution in [2.45, 2.75) is 44.4 Å². The fourth-order valence-corrected chi connectivity index (χ4v) is 2.83. The molecular weight excluding hydrogens is 268 g/mol. The first-order valence-electron chi connectivity index (χ1n) is 6.41. The predicted molar refractivity (Wildman–Crippen MR) is 72.9 cm³/mol. The Morgan fingerprint density at radius 1 is 1.21 bits per heavy atom. The molecule has 1 N–H and O–H groups in total. The second-order valence-corrected chi connectivity index (χ2v) is 8.01. The van der Waals surface area contributed by atoms with Crippen molar-refractivity contribution in [2.75, 3.05) is 0 Å². The summed E-state index contributed by atoms with van der Waals surface area (Å²) in [6, 6.07) is 3.25. The highest BCUT2D eigenvalue weighted by atomic mass is 32.2. The van der Waals surface area contributed by atoms with Gasteiger partial charge in [0.25, 0.3) is 0 Å². The van der Waals surface area contributed by atoms with Gasteiger partial charge in [-0.05, 0) is 57.2 Å². The fourth-order valence-electron chi connectivity index (χ4n) is 1.91. The molecular formula is C14H19F2NOS. The minimum atomic E-state index is -1.26. The van der Waals surface area contributed by atoms with Crippen LogP contribution in [0.15, 0.2) is 18.2 Å². The average Bonchev–Trinajstić information content (AvgIpc) is 3.06. The first-order valence-corrected chi connectivity index (χ1v) is 7.56. The van der Waals surface area contributed by atoms with Gasteiger partial charge in [-0.2, -0.15) is 0 Å². The van der Waals surface area contributed by atoms with E-state index in [2.05, 4.69) is 4.72 Å². The van der Waals surface area contributed by atoms with E-state index >= 15 is 0 Å². The zero-order chi connectivity index (χ0) is 14.2. The molecule has 0 bridgehead atoms. The van der Waals surface area contributed by atoms with Gasteiger partial charge in [-0.15, -0.1) is 4.72 Å². The highest BCUT2D eigenvalue weighted by Gasteiger charge is 2.38. The zero-order valence-electron chi connectivity index (χ0n) is 11.4. The van der Waals surface area contributed by atoms with E-state index in [0.29, 0.717) is 11.5 Å². The lowest BCUT2D eigenvalue weighted by atomic mass is 10.0. The molecule has 1 aromatic carbocycles. The molecule has 0 radical (unpaired) electrons. The van der Waals surface area contributed by atoms with E-state index in [4.69, 9.17) is 0 Å². The molecule has 1 aromatic rings. The smallest absolute Gasteiger partial charge is 0.136 e. The maximum atomic E-state index is 13.3. The molecule has 0 aromatic heterocycles. The molecule has 1 fully saturated rings. The Labute approximate surface area is 115 Å². The van der Waals surface area contributed by atoms with Gasteiger partial charge < -0.3 is 4.55 Å². The van der Waals surface area contributed by atoms with Crippen LogP contribution in [-0.4, -0.2) is 9.30 Å². The van der Waals surface area contributed by atoms with Gasteiger partial charge >= 0.3 is 0 Å². The van der Waals surface area contributed by atoms with Gasteiger partial charge in [0.2, 0.25) is 0 Å². The van der Waals surface area contributed by atoms with Crippen LogP contribution in [0.1, 0.15) is 45.2 Å². The monoisotopic (exact) mass is 287 g/mol. The third-order valence-corrected chi connectivity index (χ3v) is 4.71. The lowest BCUT2D eigenvalue weighted by molar-refractivity contribution is 0.498. The quantitative estimate of drug-likeness (QED) is 0.861. The minimum Gasteiger partial charge on any atom is -0.598 e. The van der Waals surface area contributed by atoms with E-state index in [9.17, 15) is 13.3 Å². The Morgan fingerprint density at radius 3 is 2.16 bits per heavy atom. The molecule has 5 heteroatoms. The van der Waals surface area contributed by atoms with Crippen molar-refractivity contribution in [1.82, 2.24) is 4.72 Å². The first kappa shape index (κ1) is 14.8. The summed E-state index contributed by atoms with van der Waals surface area (Å²) in [5.74, 6) is -0.875. The standard InChI is InChI=1S/C14H19F2NOS/c1-14(2,3)19(18)17-13(9-4-5-9)10-6-11(15)8-12(16)7-10/h6-9,13,17H,4-5H2,1-3H3/t13-,19-/m0/s1. The summed E-state index contributed by atoms with van der Waals surface area (Å²) in [7, 11) is 0. The maximum absolute atomic E-state index is 13.3. The first-order chi connectivity index (χ1) is 8.77. The van der Waals surface area contributed by atoms with Crippen LogP contribution in [-0.2, 0) is 11.4 Å². The highest BCUT2D eigenvalue weighted by Crippen LogP contribution is 2.42. The number of hydrogen-bond acceptors (Lipinski definition) is 2. The van der Waals surface area contributed by atoms with Gasteiger partial charge in [-0.3, -0.25) is 0 Å². The number of benzene rings is 1. The molecule has 0 heterocycles. The lowest BCUT2D eigenvalue weighted by Gasteiger charge is -2.28. The Hall–Kier alpha value is -0.650. The van der Waals surface area contributed by atoms with Crippen molar-refractivity contribution in [3.05, 3.63) is 35.4 Å². The summed E-state index contributed by atoms with van der Waals surface area (Å²) in [4.78, 5) is 0. The van der Waals surface area contributed by atoms with Crippen LogP contribution in [0.25, 0.3) is 0 Å². The molecule has 0 amide bonds. The molecule has 19 heavy (non-hydrogen) atoms. The van der Waals surface area contributed by atoms with Crippen molar-refractivity contribution < 1.29 is 13.3 Å². The van der Waals surface area contributed by atoms with Gasteiger partial charge in [0.1, 0.15) is 16.4 Å². The fraction of sp³-hybridized carbons (Fsp3) is 0.571. The summed E-state index contributed by atoms with van der Waals surface area (Å²) in [5, 5.41) is 0. The van der Waals surface area contributed by atoms with Crippen molar-refractivity contribution in [2.24, 2.45) is 5.92 Å². The van der Waals surface area contributed by atoms with Crippen LogP contribution in [0.5, 0.6) is 0 Å². The van der Waals surface area contributed by atoms with Crippen LogP contribution in [0.4, 0.5) is 8.78 Å². The second kappa shape index (κ2) is 5.38. The number of halogens is 2. The summed E-state index contributed by atoms with van der Waals surface area (Å²) >= 11 is -1.26. The van der Waals surface area contributed by atoms with E-state index in [-0.39, 0.29) is 6.04 Å². The molecule has 2 nitrogen and oxygen atoms in total. The Bertz CT molecular complexity index is 437. The van der Waals surface area contributed by atoms with Crippen molar-refractivity contribution in [1.29, 1.82) is 0 Å². The Balaban J connectivity index is 2.20. The van der Waals surface area contributed by atoms with Gasteiger partial charge in [-0.1, -0.05) is 0 Å². The van der Waals surface area contributed by atoms with Gasteiger partial charge in [-0.25, -0.2) is 8.78 Å². The largest absolute Gasteiger partial charge is 0.598 e. The normalized spacial score (nSPS) is 19.3. The van der Waals surface area contributed by atoms with E-state index < -0.39 is 27.7 Å². The van der Waals surface area contributed by atoms with E-state index in [1.54, 1.807) is 0 Å². The minimum absolute atomic E-state index is 0.245. The number of rotatable bonds is 4. The summed E-state index contributed by atoms with van der Waals surface area (Å²) < 4.78 is 41.4. The molecule has 0 unspecified atom stereocenters. The molecule has 2 atom stereocenters. The summed E-state index contributed by atoms with van der Waals surface area (Å²) in [6.45, 7) is 5.60. The van der Waals surface area contributed by atoms with E-state index in [1.165, 1.54) is 12.1 Å². The van der Waals surface area contributed by atoms with E-state index in [0.717, 1.165) is 18.9 Å². The molecule has 0 spiro atoms. The number of hydrogen-bond donors (Lipinski definition) is 1. The van der Waals surface area contributed by atoms with Crippen molar-refractivity contribution in [3.8, 4) is 0 Å². The van der Waals surface area contributed by atoms with Gasteiger partial charge in [0, 0.05) is 17.4 Å². The molecule has 1 aliphatic rings. The summed E-state index contributed by atoms with van der Waals surface area (Å²) in [5.41, 5.74) is 0.539. The third-order valence-electron chi connectivity index (χ3n) is 3.13. The Kier molecular flexibility index (Phi) is 4.18. The Morgan fingerprint density at radius 2 is 1.74 bits per heavy atom. The molecule has 0 aliphatic heterocycles. The predicted octanol–water partition coefficient (Wildman–Crippen LogP) is 3.47. The maximum Gasteiger partial charge on any atom is 0.136 e. The third kappa shape index (κ3) is 3.91. The average molecular weight is 287 g/mol. The highest BCUT2D eigenvalue weighted by molar-refractivity contribution is 7.90. The second-order valence-electron chi connectivity index (χ2n) is 6.02. The molecule has 0 saturated heterocycles. The molecule has 1 saturated carbocycles. The van der Waals surface area contributed by atoms with Crippen LogP contribution in [0.3, 0.4) is 0 Å². The van der Waals surface area contributed by atoms with Crippen LogP contribution >= 0.6 is 0 Å². The summed E-state index contributed by atoms with van der Waals surface area (Å²) in [6.07, 6.45) is 1.99. The van der Waals surface area contributed by atoms with Gasteiger partial charge in [0.15, 0.2) is 0 Å². The van der Waals surface area contributed by atoms with Crippen LogP contribution < -0.4 is 4.72 Å².